The van der Waals surface area contributed by atoms with E-state index in [1.807, 2.05) is 25.1 Å². The van der Waals surface area contributed by atoms with Gasteiger partial charge < -0.3 is 16.0 Å². The van der Waals surface area contributed by atoms with E-state index in [1.165, 1.54) is 24.3 Å². The van der Waals surface area contributed by atoms with Crippen molar-refractivity contribution in [1.82, 2.24) is 30.8 Å². The van der Waals surface area contributed by atoms with Gasteiger partial charge in [0.1, 0.15) is 5.82 Å². The lowest BCUT2D eigenvalue weighted by atomic mass is 9.87. The van der Waals surface area contributed by atoms with E-state index in [0.29, 0.717) is 17.1 Å². The second-order valence-electron chi connectivity index (χ2n) is 8.84. The zero-order chi connectivity index (χ0) is 24.8. The minimum Gasteiger partial charge on any atom is -0.334 e. The number of hydrogen-bond acceptors (Lipinski definition) is 6. The number of nitrogens with one attached hydrogen (secondary N) is 3. The molecule has 10 heteroatoms. The van der Waals surface area contributed by atoms with E-state index in [0.717, 1.165) is 43.5 Å². The first kappa shape index (κ1) is 24.5. The molecule has 2 atom stereocenters. The van der Waals surface area contributed by atoms with Gasteiger partial charge in [-0.3, -0.25) is 4.79 Å². The number of hydrogen-bond donors (Lipinski definition) is 3. The maximum absolute atomic E-state index is 13.3. The Morgan fingerprint density at radius 2 is 2.03 bits per heavy atom. The molecule has 35 heavy (non-hydrogen) atoms. The average Bonchev–Trinajstić information content (AvgIpc) is 3.30. The first-order valence-electron chi connectivity index (χ1n) is 11.9. The van der Waals surface area contributed by atoms with Crippen molar-refractivity contribution in [3.8, 4) is 11.4 Å². The zero-order valence-electron chi connectivity index (χ0n) is 19.9. The molecular formula is C25H30FN7O2. The molecule has 1 aliphatic heterocycles. The Morgan fingerprint density at radius 1 is 1.23 bits per heavy atom. The highest BCUT2D eigenvalue weighted by molar-refractivity contribution is 5.97. The number of anilines is 1. The monoisotopic (exact) mass is 479 g/mol. The third-order valence-corrected chi connectivity index (χ3v) is 6.33. The number of rotatable bonds is 8. The standard InChI is InChI=1S/C25H30FN7O2/c1-3-16-11-19(24-30-31-32-33(24)2)13-21(12-16)28-25(35)29-22(18-5-4-10-27-15-18)14-23(34)17-6-8-20(26)9-7-17/h6-9,11-13,18,22,27H,3-5,10,14-15H2,1-2H3,(H2,28,29,35)/t18?,22-/m0/s1. The molecule has 9 nitrogen and oxygen atoms in total. The Kier molecular flexibility index (Phi) is 7.81. The van der Waals surface area contributed by atoms with Gasteiger partial charge in [-0.05, 0) is 96.7 Å². The molecule has 4 rings (SSSR count). The third kappa shape index (κ3) is 6.27. The molecule has 3 N–H and O–H groups in total. The minimum atomic E-state index is -0.391. The molecule has 1 unspecified atom stereocenters. The van der Waals surface area contributed by atoms with E-state index < -0.39 is 5.82 Å². The topological polar surface area (TPSA) is 114 Å². The number of urea groups is 1. The third-order valence-electron chi connectivity index (χ3n) is 6.33. The second-order valence-corrected chi connectivity index (χ2v) is 8.84. The van der Waals surface area contributed by atoms with Crippen LogP contribution in [0.1, 0.15) is 42.1 Å². The normalized spacial score (nSPS) is 16.5. The van der Waals surface area contributed by atoms with E-state index in [1.54, 1.807) is 11.7 Å². The molecule has 0 bridgehead atoms. The zero-order valence-corrected chi connectivity index (χ0v) is 19.9. The highest BCUT2D eigenvalue weighted by Gasteiger charge is 2.28. The molecule has 3 aromatic rings. The number of benzene rings is 2. The van der Waals surface area contributed by atoms with Gasteiger partial charge >= 0.3 is 6.03 Å². The molecule has 1 saturated heterocycles. The van der Waals surface area contributed by atoms with Gasteiger partial charge in [0, 0.05) is 36.3 Å². The van der Waals surface area contributed by atoms with Gasteiger partial charge in [-0.25, -0.2) is 13.9 Å². The number of Topliss-reactive ketones (excluding diaryl/α,β-unsaturated/α-hetero) is 1. The molecule has 1 aromatic heterocycles. The summed E-state index contributed by atoms with van der Waals surface area (Å²) in [4.78, 5) is 25.9. The highest BCUT2D eigenvalue weighted by Crippen LogP contribution is 2.24. The molecule has 2 heterocycles. The van der Waals surface area contributed by atoms with Crippen LogP contribution in [0.15, 0.2) is 42.5 Å². The van der Waals surface area contributed by atoms with Gasteiger partial charge in [-0.1, -0.05) is 6.92 Å². The van der Waals surface area contributed by atoms with Crippen LogP contribution in [0.3, 0.4) is 0 Å². The van der Waals surface area contributed by atoms with E-state index in [4.69, 9.17) is 0 Å². The lowest BCUT2D eigenvalue weighted by Gasteiger charge is -2.31. The summed E-state index contributed by atoms with van der Waals surface area (Å²) in [6.07, 6.45) is 2.79. The molecule has 1 aliphatic rings. The number of aryl methyl sites for hydroxylation is 2. The largest absolute Gasteiger partial charge is 0.334 e. The van der Waals surface area contributed by atoms with Crippen molar-refractivity contribution in [3.63, 3.8) is 0 Å². The van der Waals surface area contributed by atoms with Crippen LogP contribution in [0.25, 0.3) is 11.4 Å². The number of halogens is 1. The Morgan fingerprint density at radius 3 is 2.69 bits per heavy atom. The smallest absolute Gasteiger partial charge is 0.319 e. The number of carbonyl (C=O) groups is 2. The Bertz CT molecular complexity index is 1170. The number of amides is 2. The Labute approximate surface area is 203 Å². The lowest BCUT2D eigenvalue weighted by molar-refractivity contribution is 0.0955. The molecule has 2 aromatic carbocycles. The predicted octanol–water partition coefficient (Wildman–Crippen LogP) is 3.34. The number of tetrazole rings is 1. The summed E-state index contributed by atoms with van der Waals surface area (Å²) >= 11 is 0. The van der Waals surface area contributed by atoms with E-state index in [9.17, 15) is 14.0 Å². The summed E-state index contributed by atoms with van der Waals surface area (Å²) in [5, 5.41) is 20.9. The molecule has 1 fully saturated rings. The van der Waals surface area contributed by atoms with Gasteiger partial charge in [0.2, 0.25) is 0 Å². The molecule has 0 aliphatic carbocycles. The van der Waals surface area contributed by atoms with Crippen LogP contribution in [0.5, 0.6) is 0 Å². The molecule has 0 spiro atoms. The fraction of sp³-hybridized carbons (Fsp3) is 0.400. The van der Waals surface area contributed by atoms with Crippen LogP contribution < -0.4 is 16.0 Å². The molecule has 184 valence electrons. The van der Waals surface area contributed by atoms with E-state index in [-0.39, 0.29) is 30.2 Å². The van der Waals surface area contributed by atoms with Gasteiger partial charge in [0.15, 0.2) is 11.6 Å². The fourth-order valence-electron chi connectivity index (χ4n) is 4.42. The summed E-state index contributed by atoms with van der Waals surface area (Å²) < 4.78 is 14.9. The number of piperidine rings is 1. The number of ketones is 1. The minimum absolute atomic E-state index is 0.112. The SMILES string of the molecule is CCc1cc(NC(=O)N[C@@H](CC(=O)c2ccc(F)cc2)C2CCCNC2)cc(-c2nnnn2C)c1. The summed E-state index contributed by atoms with van der Waals surface area (Å²) in [6.45, 7) is 3.67. The quantitative estimate of drug-likeness (QED) is 0.427. The van der Waals surface area contributed by atoms with Crippen LogP contribution in [0.2, 0.25) is 0 Å². The maximum Gasteiger partial charge on any atom is 0.319 e. The second kappa shape index (κ2) is 11.2. The predicted molar refractivity (Wildman–Crippen MR) is 130 cm³/mol. The highest BCUT2D eigenvalue weighted by atomic mass is 19.1. The maximum atomic E-state index is 13.3. The molecular weight excluding hydrogens is 449 g/mol. The van der Waals surface area contributed by atoms with Crippen molar-refractivity contribution in [1.29, 1.82) is 0 Å². The summed E-state index contributed by atoms with van der Waals surface area (Å²) in [5.74, 6) is 0.185. The number of aromatic nitrogens is 4. The van der Waals surface area contributed by atoms with E-state index >= 15 is 0 Å². The van der Waals surface area contributed by atoms with Crippen molar-refractivity contribution in [2.75, 3.05) is 18.4 Å². The van der Waals surface area contributed by atoms with Crippen LogP contribution in [0.4, 0.5) is 14.9 Å². The van der Waals surface area contributed by atoms with Crippen LogP contribution >= 0.6 is 0 Å². The first-order chi connectivity index (χ1) is 16.9. The van der Waals surface area contributed by atoms with Crippen molar-refractivity contribution in [2.24, 2.45) is 13.0 Å². The molecule has 0 radical (unpaired) electrons. The van der Waals surface area contributed by atoms with Crippen LogP contribution in [-0.2, 0) is 13.5 Å². The summed E-state index contributed by atoms with van der Waals surface area (Å²) in [7, 11) is 1.76. The van der Waals surface area contributed by atoms with E-state index in [2.05, 4.69) is 31.5 Å². The lowest BCUT2D eigenvalue weighted by Crippen LogP contribution is -2.48. The van der Waals surface area contributed by atoms with Crippen LogP contribution in [0, 0.1) is 11.7 Å². The Balaban J connectivity index is 1.50. The van der Waals surface area contributed by atoms with Gasteiger partial charge in [-0.15, -0.1) is 5.10 Å². The van der Waals surface area contributed by atoms with Gasteiger partial charge in [0.05, 0.1) is 0 Å². The Hall–Kier alpha value is -3.66. The summed E-state index contributed by atoms with van der Waals surface area (Å²) in [6, 6.07) is 10.5. The molecule has 2 amide bonds. The fourth-order valence-corrected chi connectivity index (χ4v) is 4.42. The van der Waals surface area contributed by atoms with Crippen molar-refractivity contribution < 1.29 is 14.0 Å². The van der Waals surface area contributed by atoms with Crippen LogP contribution in [-0.4, -0.2) is 51.2 Å². The number of nitrogens with zero attached hydrogens (tertiary/aromatic N) is 4. The van der Waals surface area contributed by atoms with Crippen molar-refractivity contribution >= 4 is 17.5 Å². The average molecular weight is 480 g/mol. The van der Waals surface area contributed by atoms with Gasteiger partial charge in [-0.2, -0.15) is 0 Å². The van der Waals surface area contributed by atoms with Crippen molar-refractivity contribution in [2.45, 2.75) is 38.6 Å². The first-order valence-corrected chi connectivity index (χ1v) is 11.9. The van der Waals surface area contributed by atoms with Crippen molar-refractivity contribution in [3.05, 3.63) is 59.4 Å². The molecule has 0 saturated carbocycles. The van der Waals surface area contributed by atoms with Gasteiger partial charge in [0.25, 0.3) is 0 Å². The summed E-state index contributed by atoms with van der Waals surface area (Å²) in [5.41, 5.74) is 2.87. The number of carbonyl (C=O) groups excluding carboxylic acids is 2.